The number of halogens is 4. The fourth-order valence-electron chi connectivity index (χ4n) is 0.597. The minimum atomic E-state index is -4.37. The van der Waals surface area contributed by atoms with Crippen LogP contribution < -0.4 is 0 Å². The van der Waals surface area contributed by atoms with Crippen LogP contribution in [0.2, 0.25) is 0 Å². The molecule has 0 unspecified atom stereocenters. The topological polar surface area (TPSA) is 12.9 Å². The van der Waals surface area contributed by atoms with E-state index in [-0.39, 0.29) is 10.8 Å². The highest BCUT2D eigenvalue weighted by Crippen LogP contribution is 2.33. The fraction of sp³-hybridized carbons (Fsp3) is 0.400. The van der Waals surface area contributed by atoms with E-state index in [2.05, 4.69) is 4.98 Å². The molecule has 0 saturated heterocycles. The van der Waals surface area contributed by atoms with Gasteiger partial charge in [0.15, 0.2) is 5.69 Å². The highest BCUT2D eigenvalue weighted by atomic mass is 35.5. The van der Waals surface area contributed by atoms with Crippen molar-refractivity contribution in [1.29, 1.82) is 0 Å². The monoisotopic (exact) mass is 201 g/mol. The smallest absolute Gasteiger partial charge is 0.240 e. The Bertz CT molecular complexity index is 244. The number of hydrogen-bond donors (Lipinski definition) is 0. The molecule has 1 rings (SSSR count). The number of hydrogen-bond acceptors (Lipinski definition) is 2. The average molecular weight is 202 g/mol. The van der Waals surface area contributed by atoms with Gasteiger partial charge in [0.25, 0.3) is 0 Å². The van der Waals surface area contributed by atoms with Gasteiger partial charge >= 0.3 is 6.18 Å². The summed E-state index contributed by atoms with van der Waals surface area (Å²) in [6.07, 6.45) is -4.37. The molecule has 0 bridgehead atoms. The summed E-state index contributed by atoms with van der Waals surface area (Å²) in [6, 6.07) is 0. The Kier molecular flexibility index (Phi) is 2.39. The Hall–Kier alpha value is -0.290. The Morgan fingerprint density at radius 2 is 2.18 bits per heavy atom. The van der Waals surface area contributed by atoms with E-state index in [9.17, 15) is 13.2 Å². The predicted octanol–water partition coefficient (Wildman–Crippen LogP) is 2.90. The second-order valence-electron chi connectivity index (χ2n) is 1.76. The molecule has 11 heavy (non-hydrogen) atoms. The van der Waals surface area contributed by atoms with E-state index >= 15 is 0 Å². The van der Waals surface area contributed by atoms with Gasteiger partial charge in [-0.25, -0.2) is 4.98 Å². The van der Waals surface area contributed by atoms with E-state index in [1.54, 1.807) is 0 Å². The van der Waals surface area contributed by atoms with Crippen molar-refractivity contribution in [2.75, 3.05) is 0 Å². The molecule has 1 heterocycles. The highest BCUT2D eigenvalue weighted by Gasteiger charge is 2.35. The van der Waals surface area contributed by atoms with E-state index in [1.807, 2.05) is 0 Å². The molecule has 0 amide bonds. The maximum absolute atomic E-state index is 12.0. The third-order valence-corrected chi connectivity index (χ3v) is 2.29. The lowest BCUT2D eigenvalue weighted by Crippen LogP contribution is -2.07. The third-order valence-electron chi connectivity index (χ3n) is 1.03. The summed E-state index contributed by atoms with van der Waals surface area (Å²) in [7, 11) is 0. The number of rotatable bonds is 1. The van der Waals surface area contributed by atoms with Gasteiger partial charge in [0.05, 0.1) is 16.3 Å². The molecule has 1 aromatic heterocycles. The van der Waals surface area contributed by atoms with Crippen molar-refractivity contribution in [3.8, 4) is 0 Å². The minimum Gasteiger partial charge on any atom is -0.240 e. The molecule has 0 radical (unpaired) electrons. The molecule has 0 spiro atoms. The SMILES string of the molecule is FC(F)(F)c1ncsc1CCl. The van der Waals surface area contributed by atoms with Gasteiger partial charge in [-0.3, -0.25) is 0 Å². The zero-order valence-corrected chi connectivity index (χ0v) is 6.72. The third kappa shape index (κ3) is 1.84. The van der Waals surface area contributed by atoms with Crippen molar-refractivity contribution < 1.29 is 13.2 Å². The van der Waals surface area contributed by atoms with Crippen LogP contribution in [0.1, 0.15) is 10.6 Å². The van der Waals surface area contributed by atoms with E-state index in [0.717, 1.165) is 16.8 Å². The first-order valence-electron chi connectivity index (χ1n) is 2.61. The van der Waals surface area contributed by atoms with Crippen LogP contribution in [0, 0.1) is 0 Å². The number of thiazole rings is 1. The second kappa shape index (κ2) is 2.98. The quantitative estimate of drug-likeness (QED) is 0.637. The zero-order valence-electron chi connectivity index (χ0n) is 5.15. The summed E-state index contributed by atoms with van der Waals surface area (Å²) >= 11 is 6.16. The zero-order chi connectivity index (χ0) is 8.48. The van der Waals surface area contributed by atoms with Gasteiger partial charge in [-0.05, 0) is 0 Å². The Balaban J connectivity index is 3.02. The molecule has 0 aliphatic heterocycles. The number of alkyl halides is 4. The molecule has 0 aliphatic rings. The van der Waals surface area contributed by atoms with Crippen molar-refractivity contribution in [3.63, 3.8) is 0 Å². The van der Waals surface area contributed by atoms with Crippen molar-refractivity contribution in [2.24, 2.45) is 0 Å². The predicted molar refractivity (Wildman–Crippen MR) is 36.7 cm³/mol. The summed E-state index contributed by atoms with van der Waals surface area (Å²) in [5, 5.41) is 0. The maximum atomic E-state index is 12.0. The molecule has 6 heteroatoms. The minimum absolute atomic E-state index is 0.0687. The average Bonchev–Trinajstić information content (AvgIpc) is 2.31. The van der Waals surface area contributed by atoms with Crippen molar-refractivity contribution >= 4 is 22.9 Å². The van der Waals surface area contributed by atoms with Gasteiger partial charge < -0.3 is 0 Å². The van der Waals surface area contributed by atoms with Crippen LogP contribution in [0.25, 0.3) is 0 Å². The summed E-state index contributed by atoms with van der Waals surface area (Å²) in [5.41, 5.74) is 0.276. The lowest BCUT2D eigenvalue weighted by molar-refractivity contribution is -0.141. The summed E-state index contributed by atoms with van der Waals surface area (Å²) < 4.78 is 35.9. The van der Waals surface area contributed by atoms with Crippen LogP contribution in [0.5, 0.6) is 0 Å². The van der Waals surface area contributed by atoms with E-state index in [1.165, 1.54) is 0 Å². The van der Waals surface area contributed by atoms with Gasteiger partial charge in [0.2, 0.25) is 0 Å². The first-order valence-corrected chi connectivity index (χ1v) is 4.02. The molecular formula is C5H3ClF3NS. The molecule has 0 fully saturated rings. The molecular weight excluding hydrogens is 199 g/mol. The molecule has 0 atom stereocenters. The molecule has 1 nitrogen and oxygen atoms in total. The summed E-state index contributed by atoms with van der Waals surface area (Å²) in [4.78, 5) is 3.24. The van der Waals surface area contributed by atoms with Crippen LogP contribution in [-0.4, -0.2) is 4.98 Å². The summed E-state index contributed by atoms with van der Waals surface area (Å²) in [6.45, 7) is 0. The first-order chi connectivity index (χ1) is 5.05. The first kappa shape index (κ1) is 8.80. The van der Waals surface area contributed by atoms with Gasteiger partial charge in [-0.15, -0.1) is 22.9 Å². The van der Waals surface area contributed by atoms with Gasteiger partial charge in [0, 0.05) is 0 Å². The Labute approximate surface area is 69.8 Å². The Morgan fingerprint density at radius 1 is 1.55 bits per heavy atom. The van der Waals surface area contributed by atoms with Crippen LogP contribution in [0.4, 0.5) is 13.2 Å². The molecule has 0 aliphatic carbocycles. The molecule has 0 N–H and O–H groups in total. The Morgan fingerprint density at radius 3 is 2.55 bits per heavy atom. The lowest BCUT2D eigenvalue weighted by Gasteiger charge is -2.02. The van der Waals surface area contributed by atoms with Gasteiger partial charge in [0.1, 0.15) is 0 Å². The van der Waals surface area contributed by atoms with Crippen molar-refractivity contribution in [2.45, 2.75) is 12.1 Å². The van der Waals surface area contributed by atoms with Crippen LogP contribution in [0.3, 0.4) is 0 Å². The van der Waals surface area contributed by atoms with Crippen molar-refractivity contribution in [1.82, 2.24) is 4.98 Å². The normalized spacial score (nSPS) is 12.0. The maximum Gasteiger partial charge on any atom is 0.434 e. The van der Waals surface area contributed by atoms with Crippen LogP contribution >= 0.6 is 22.9 Å². The van der Waals surface area contributed by atoms with Gasteiger partial charge in [-0.1, -0.05) is 0 Å². The fourth-order valence-corrected chi connectivity index (χ4v) is 1.54. The van der Waals surface area contributed by atoms with Crippen LogP contribution in [0.15, 0.2) is 5.51 Å². The number of aromatic nitrogens is 1. The van der Waals surface area contributed by atoms with Crippen LogP contribution in [-0.2, 0) is 12.1 Å². The largest absolute Gasteiger partial charge is 0.434 e. The van der Waals surface area contributed by atoms with E-state index in [0.29, 0.717) is 0 Å². The highest BCUT2D eigenvalue weighted by molar-refractivity contribution is 7.10. The molecule has 62 valence electrons. The molecule has 0 aromatic carbocycles. The lowest BCUT2D eigenvalue weighted by atomic mass is 10.4. The second-order valence-corrected chi connectivity index (χ2v) is 2.96. The van der Waals surface area contributed by atoms with E-state index < -0.39 is 11.9 Å². The standard InChI is InChI=1S/C5H3ClF3NS/c6-1-3-4(5(7,8)9)10-2-11-3/h2H,1H2. The number of nitrogens with zero attached hydrogens (tertiary/aromatic N) is 1. The molecule has 1 aromatic rings. The van der Waals surface area contributed by atoms with Gasteiger partial charge in [-0.2, -0.15) is 13.2 Å². The van der Waals surface area contributed by atoms with Crippen molar-refractivity contribution in [3.05, 3.63) is 16.1 Å². The molecule has 0 saturated carbocycles. The summed E-state index contributed by atoms with van der Waals surface area (Å²) in [5.74, 6) is -0.139. The van der Waals surface area contributed by atoms with E-state index in [4.69, 9.17) is 11.6 Å².